The van der Waals surface area contributed by atoms with E-state index in [0.717, 1.165) is 16.9 Å². The van der Waals surface area contributed by atoms with E-state index in [2.05, 4.69) is 20.9 Å². The molecule has 0 amide bonds. The van der Waals surface area contributed by atoms with Crippen molar-refractivity contribution in [3.8, 4) is 0 Å². The highest BCUT2D eigenvalue weighted by atomic mass is 79.9. The first-order valence-electron chi connectivity index (χ1n) is 4.77. The molecule has 0 bridgehead atoms. The molecule has 15 heavy (non-hydrogen) atoms. The predicted octanol–water partition coefficient (Wildman–Crippen LogP) is 2.77. The fourth-order valence-electron chi connectivity index (χ4n) is 1.65. The third kappa shape index (κ3) is 1.81. The number of alkyl halides is 1. The highest BCUT2D eigenvalue weighted by molar-refractivity contribution is 9.09. The standard InChI is InChI=1S/C11H11BrN2O/c1-8-13-9-4-2-3-5-10(9)14(8)11(15)6-7-12/h2-5H,6-7H2,1H3. The predicted molar refractivity (Wildman–Crippen MR) is 63.5 cm³/mol. The van der Waals surface area contributed by atoms with Crippen LogP contribution in [0.5, 0.6) is 0 Å². The van der Waals surface area contributed by atoms with Crippen LogP contribution >= 0.6 is 15.9 Å². The van der Waals surface area contributed by atoms with Gasteiger partial charge in [-0.15, -0.1) is 0 Å². The second kappa shape index (κ2) is 4.14. The Morgan fingerprint density at radius 3 is 2.93 bits per heavy atom. The molecule has 2 rings (SSSR count). The molecule has 2 aromatic rings. The molecule has 4 heteroatoms. The lowest BCUT2D eigenvalue weighted by molar-refractivity contribution is 0.0913. The molecule has 0 N–H and O–H groups in total. The quantitative estimate of drug-likeness (QED) is 0.784. The smallest absolute Gasteiger partial charge is 0.233 e. The fraction of sp³-hybridized carbons (Fsp3) is 0.273. The van der Waals surface area contributed by atoms with Crippen molar-refractivity contribution < 1.29 is 4.79 Å². The number of para-hydroxylation sites is 2. The fourth-order valence-corrected chi connectivity index (χ4v) is 1.99. The van der Waals surface area contributed by atoms with Crippen molar-refractivity contribution in [3.63, 3.8) is 0 Å². The monoisotopic (exact) mass is 266 g/mol. The topological polar surface area (TPSA) is 34.9 Å². The van der Waals surface area contributed by atoms with Crippen molar-refractivity contribution >= 4 is 32.9 Å². The summed E-state index contributed by atoms with van der Waals surface area (Å²) >= 11 is 3.27. The second-order valence-electron chi connectivity index (χ2n) is 3.32. The minimum atomic E-state index is 0.0816. The molecule has 0 fully saturated rings. The number of aryl methyl sites for hydroxylation is 1. The Labute approximate surface area is 96.2 Å². The van der Waals surface area contributed by atoms with Crippen molar-refractivity contribution in [2.24, 2.45) is 0 Å². The molecule has 0 radical (unpaired) electrons. The van der Waals surface area contributed by atoms with Gasteiger partial charge in [-0.05, 0) is 19.1 Å². The van der Waals surface area contributed by atoms with Gasteiger partial charge in [0.25, 0.3) is 0 Å². The van der Waals surface area contributed by atoms with Gasteiger partial charge < -0.3 is 0 Å². The van der Waals surface area contributed by atoms with Crippen LogP contribution in [0.3, 0.4) is 0 Å². The number of benzene rings is 1. The van der Waals surface area contributed by atoms with Crippen LogP contribution in [-0.2, 0) is 0 Å². The molecular weight excluding hydrogens is 256 g/mol. The van der Waals surface area contributed by atoms with E-state index in [0.29, 0.717) is 11.8 Å². The summed E-state index contributed by atoms with van der Waals surface area (Å²) in [6.07, 6.45) is 0.487. The van der Waals surface area contributed by atoms with Crippen molar-refractivity contribution in [2.45, 2.75) is 13.3 Å². The molecule has 0 aliphatic carbocycles. The zero-order valence-electron chi connectivity index (χ0n) is 8.40. The van der Waals surface area contributed by atoms with Crippen LogP contribution in [0.1, 0.15) is 17.0 Å². The average Bonchev–Trinajstić information content (AvgIpc) is 2.54. The summed E-state index contributed by atoms with van der Waals surface area (Å²) in [6, 6.07) is 7.68. The van der Waals surface area contributed by atoms with Crippen molar-refractivity contribution in [3.05, 3.63) is 30.1 Å². The molecule has 1 heterocycles. The lowest BCUT2D eigenvalue weighted by Gasteiger charge is -2.02. The number of halogens is 1. The molecule has 78 valence electrons. The maximum absolute atomic E-state index is 11.8. The van der Waals surface area contributed by atoms with Gasteiger partial charge in [0.15, 0.2) is 0 Å². The van der Waals surface area contributed by atoms with E-state index in [1.165, 1.54) is 0 Å². The maximum Gasteiger partial charge on any atom is 0.233 e. The van der Waals surface area contributed by atoms with E-state index in [-0.39, 0.29) is 5.91 Å². The molecule has 0 spiro atoms. The number of nitrogens with zero attached hydrogens (tertiary/aromatic N) is 2. The van der Waals surface area contributed by atoms with Gasteiger partial charge in [-0.25, -0.2) is 4.98 Å². The summed E-state index contributed by atoms with van der Waals surface area (Å²) in [4.78, 5) is 16.2. The third-order valence-corrected chi connectivity index (χ3v) is 2.68. The Hall–Kier alpha value is -1.16. The number of carbonyl (C=O) groups excluding carboxylic acids is 1. The number of hydrogen-bond donors (Lipinski definition) is 0. The van der Waals surface area contributed by atoms with Crippen LogP contribution in [-0.4, -0.2) is 20.8 Å². The minimum Gasteiger partial charge on any atom is -0.274 e. The summed E-state index contributed by atoms with van der Waals surface area (Å²) in [6.45, 7) is 1.85. The first-order valence-corrected chi connectivity index (χ1v) is 5.89. The summed E-state index contributed by atoms with van der Waals surface area (Å²) in [7, 11) is 0. The largest absolute Gasteiger partial charge is 0.274 e. The Kier molecular flexibility index (Phi) is 2.86. The van der Waals surface area contributed by atoms with E-state index in [1.807, 2.05) is 31.2 Å². The first kappa shape index (κ1) is 10.4. The van der Waals surface area contributed by atoms with Gasteiger partial charge in [0.05, 0.1) is 11.0 Å². The molecule has 1 aromatic carbocycles. The lowest BCUT2D eigenvalue weighted by atomic mass is 10.3. The van der Waals surface area contributed by atoms with Gasteiger partial charge in [-0.3, -0.25) is 9.36 Å². The van der Waals surface area contributed by atoms with Crippen molar-refractivity contribution in [1.82, 2.24) is 9.55 Å². The van der Waals surface area contributed by atoms with Crippen LogP contribution in [0.15, 0.2) is 24.3 Å². The van der Waals surface area contributed by atoms with E-state index in [1.54, 1.807) is 4.57 Å². The SMILES string of the molecule is Cc1nc2ccccc2n1C(=O)CCBr. The minimum absolute atomic E-state index is 0.0816. The van der Waals surface area contributed by atoms with Crippen LogP contribution in [0.4, 0.5) is 0 Å². The number of aromatic nitrogens is 2. The summed E-state index contributed by atoms with van der Waals surface area (Å²) in [5, 5.41) is 0.678. The van der Waals surface area contributed by atoms with Gasteiger partial charge in [0.1, 0.15) is 5.82 Å². The second-order valence-corrected chi connectivity index (χ2v) is 4.11. The summed E-state index contributed by atoms with van der Waals surface area (Å²) in [5.41, 5.74) is 1.76. The van der Waals surface area contributed by atoms with E-state index < -0.39 is 0 Å². The molecular formula is C11H11BrN2O. The molecule has 0 atom stereocenters. The zero-order valence-corrected chi connectivity index (χ0v) is 9.99. The van der Waals surface area contributed by atoms with Crippen molar-refractivity contribution in [2.75, 3.05) is 5.33 Å². The molecule has 1 aromatic heterocycles. The van der Waals surface area contributed by atoms with Crippen LogP contribution < -0.4 is 0 Å². The number of fused-ring (bicyclic) bond motifs is 1. The third-order valence-electron chi connectivity index (χ3n) is 2.29. The molecule has 0 aliphatic rings. The zero-order chi connectivity index (χ0) is 10.8. The molecule has 0 saturated heterocycles. The Morgan fingerprint density at radius 1 is 1.47 bits per heavy atom. The van der Waals surface area contributed by atoms with Gasteiger partial charge in [-0.1, -0.05) is 28.1 Å². The van der Waals surface area contributed by atoms with E-state index in [4.69, 9.17) is 0 Å². The van der Waals surface area contributed by atoms with Crippen LogP contribution in [0.25, 0.3) is 11.0 Å². The number of carbonyl (C=O) groups is 1. The number of rotatable bonds is 2. The van der Waals surface area contributed by atoms with Gasteiger partial charge in [-0.2, -0.15) is 0 Å². The number of imidazole rings is 1. The van der Waals surface area contributed by atoms with Crippen molar-refractivity contribution in [1.29, 1.82) is 0 Å². The van der Waals surface area contributed by atoms with Gasteiger partial charge in [0.2, 0.25) is 5.91 Å². The normalized spacial score (nSPS) is 10.8. The average molecular weight is 267 g/mol. The van der Waals surface area contributed by atoms with Crippen LogP contribution in [0, 0.1) is 6.92 Å². The molecule has 0 aliphatic heterocycles. The molecule has 0 saturated carbocycles. The summed E-state index contributed by atoms with van der Waals surface area (Å²) < 4.78 is 1.68. The highest BCUT2D eigenvalue weighted by Gasteiger charge is 2.12. The number of hydrogen-bond acceptors (Lipinski definition) is 2. The van der Waals surface area contributed by atoms with E-state index in [9.17, 15) is 4.79 Å². The van der Waals surface area contributed by atoms with Gasteiger partial charge >= 0.3 is 0 Å². The molecule has 3 nitrogen and oxygen atoms in total. The molecule has 0 unspecified atom stereocenters. The maximum atomic E-state index is 11.8. The Balaban J connectivity index is 2.58. The lowest BCUT2D eigenvalue weighted by Crippen LogP contribution is -2.12. The van der Waals surface area contributed by atoms with Gasteiger partial charge in [0, 0.05) is 11.8 Å². The highest BCUT2D eigenvalue weighted by Crippen LogP contribution is 2.15. The Morgan fingerprint density at radius 2 is 2.20 bits per heavy atom. The summed E-state index contributed by atoms with van der Waals surface area (Å²) in [5.74, 6) is 0.834. The van der Waals surface area contributed by atoms with E-state index >= 15 is 0 Å². The first-order chi connectivity index (χ1) is 7.24. The Bertz CT molecular complexity index is 504. The van der Waals surface area contributed by atoms with Crippen LogP contribution in [0.2, 0.25) is 0 Å².